The lowest BCUT2D eigenvalue weighted by atomic mass is 10.2. The number of carbonyl (C=O) groups is 1. The summed E-state index contributed by atoms with van der Waals surface area (Å²) in [7, 11) is -2.19. The number of aromatic nitrogens is 2. The second-order valence-electron chi connectivity index (χ2n) is 7.19. The van der Waals surface area contributed by atoms with Gasteiger partial charge in [-0.2, -0.15) is 5.10 Å². The number of rotatable bonds is 12. The lowest BCUT2D eigenvalue weighted by Gasteiger charge is -2.13. The molecule has 0 aliphatic rings. The fourth-order valence-corrected chi connectivity index (χ4v) is 4.50. The third-order valence-corrected chi connectivity index (χ3v) is 6.61. The highest BCUT2D eigenvalue weighted by molar-refractivity contribution is 7.89. The van der Waals surface area contributed by atoms with Crippen LogP contribution in [0.15, 0.2) is 63.5 Å². The molecule has 0 saturated carbocycles. The minimum absolute atomic E-state index is 0.0178. The van der Waals surface area contributed by atoms with Gasteiger partial charge in [0.2, 0.25) is 15.9 Å². The average Bonchev–Trinajstić information content (AvgIpc) is 2.79. The summed E-state index contributed by atoms with van der Waals surface area (Å²) in [6.45, 7) is 8.63. The first-order valence-electron chi connectivity index (χ1n) is 10.2. The van der Waals surface area contributed by atoms with Crippen LogP contribution >= 0.6 is 11.6 Å². The van der Waals surface area contributed by atoms with Gasteiger partial charge in [0.25, 0.3) is 5.56 Å². The Morgan fingerprint density at radius 1 is 1.35 bits per heavy atom. The quantitative estimate of drug-likeness (QED) is 0.298. The van der Waals surface area contributed by atoms with Crippen molar-refractivity contribution in [3.8, 4) is 0 Å². The van der Waals surface area contributed by atoms with E-state index < -0.39 is 21.5 Å². The number of nitrogens with one attached hydrogen (secondary N) is 3. The predicted octanol–water partition coefficient (Wildman–Crippen LogP) is 2.00. The molecule has 34 heavy (non-hydrogen) atoms. The molecule has 2 rings (SSSR count). The Kier molecular flexibility index (Phi) is 9.87. The standard InChI is InChI=1S/C22H27ClN6O4S/c1-5-6-16(25-4)9-10-27-34(32,33)20-11-17(8-7-15(20)2)28-21(30)14-29-22(31)18(12-24-3)19(23)13-26-29/h5-8,11,13,24,27H,1,4,9-10,12,14H2,2-3H3,(H,28,30)/b16-6-. The SMILES string of the molecule is C=C/C=C(/CCNS(=O)(=O)c1cc(NC(=O)Cn2ncc(Cl)c(CNC)c2=O)ccc1C)N=C. The van der Waals surface area contributed by atoms with Crippen molar-refractivity contribution in [3.05, 3.63) is 75.3 Å². The number of amides is 1. The number of aryl methyl sites for hydroxylation is 1. The number of halogens is 1. The summed E-state index contributed by atoms with van der Waals surface area (Å²) in [5, 5.41) is 9.54. The van der Waals surface area contributed by atoms with E-state index in [0.29, 0.717) is 23.2 Å². The monoisotopic (exact) mass is 506 g/mol. The number of hydrogen-bond acceptors (Lipinski definition) is 7. The number of sulfonamides is 1. The molecule has 0 aliphatic heterocycles. The van der Waals surface area contributed by atoms with Crippen molar-refractivity contribution in [2.75, 3.05) is 18.9 Å². The summed E-state index contributed by atoms with van der Waals surface area (Å²) in [6.07, 6.45) is 4.82. The van der Waals surface area contributed by atoms with E-state index in [4.69, 9.17) is 11.6 Å². The molecule has 2 aromatic rings. The molecule has 0 aliphatic carbocycles. The van der Waals surface area contributed by atoms with Crippen molar-refractivity contribution >= 4 is 39.9 Å². The molecule has 1 amide bonds. The van der Waals surface area contributed by atoms with Gasteiger partial charge in [-0.25, -0.2) is 17.8 Å². The van der Waals surface area contributed by atoms with Crippen molar-refractivity contribution in [3.63, 3.8) is 0 Å². The minimum Gasteiger partial charge on any atom is -0.324 e. The normalized spacial score (nSPS) is 11.8. The second kappa shape index (κ2) is 12.4. The van der Waals surface area contributed by atoms with Crippen molar-refractivity contribution in [2.45, 2.75) is 31.3 Å². The van der Waals surface area contributed by atoms with Crippen molar-refractivity contribution in [1.82, 2.24) is 19.8 Å². The lowest BCUT2D eigenvalue weighted by Crippen LogP contribution is -2.33. The van der Waals surface area contributed by atoms with Crippen LogP contribution in [0, 0.1) is 6.92 Å². The third kappa shape index (κ3) is 7.19. The molecule has 12 heteroatoms. The van der Waals surface area contributed by atoms with Crippen LogP contribution in [0.1, 0.15) is 17.5 Å². The molecule has 182 valence electrons. The Balaban J connectivity index is 2.15. The predicted molar refractivity (Wildman–Crippen MR) is 134 cm³/mol. The molecule has 0 bridgehead atoms. The molecule has 0 unspecified atom stereocenters. The van der Waals surface area contributed by atoms with E-state index in [-0.39, 0.29) is 35.2 Å². The van der Waals surface area contributed by atoms with Crippen LogP contribution < -0.4 is 20.9 Å². The van der Waals surface area contributed by atoms with Crippen LogP contribution in [0.5, 0.6) is 0 Å². The van der Waals surface area contributed by atoms with E-state index in [1.165, 1.54) is 12.3 Å². The fourth-order valence-electron chi connectivity index (χ4n) is 3.00. The molecule has 1 aromatic heterocycles. The Hall–Kier alpha value is -3.12. The molecule has 0 radical (unpaired) electrons. The molecule has 3 N–H and O–H groups in total. The Morgan fingerprint density at radius 3 is 2.74 bits per heavy atom. The summed E-state index contributed by atoms with van der Waals surface area (Å²) in [5.74, 6) is -0.552. The van der Waals surface area contributed by atoms with Gasteiger partial charge in [0.05, 0.1) is 21.7 Å². The summed E-state index contributed by atoms with van der Waals surface area (Å²) in [5.41, 5.74) is 1.15. The van der Waals surface area contributed by atoms with Crippen LogP contribution in [-0.4, -0.2) is 44.4 Å². The van der Waals surface area contributed by atoms with E-state index in [1.54, 1.807) is 38.3 Å². The number of hydrogen-bond donors (Lipinski definition) is 3. The van der Waals surface area contributed by atoms with Gasteiger partial charge in [0.1, 0.15) is 6.54 Å². The van der Waals surface area contributed by atoms with E-state index in [0.717, 1.165) is 4.68 Å². The van der Waals surface area contributed by atoms with Crippen LogP contribution in [0.3, 0.4) is 0 Å². The summed E-state index contributed by atoms with van der Waals surface area (Å²) < 4.78 is 29.1. The van der Waals surface area contributed by atoms with Crippen LogP contribution in [0.25, 0.3) is 0 Å². The van der Waals surface area contributed by atoms with E-state index in [1.807, 2.05) is 0 Å². The fraction of sp³-hybridized carbons (Fsp3) is 0.273. The highest BCUT2D eigenvalue weighted by Gasteiger charge is 2.18. The van der Waals surface area contributed by atoms with Gasteiger partial charge in [-0.05, 0) is 44.5 Å². The molecule has 0 atom stereocenters. The van der Waals surface area contributed by atoms with Gasteiger partial charge < -0.3 is 10.6 Å². The maximum atomic E-state index is 12.8. The van der Waals surface area contributed by atoms with Gasteiger partial charge in [-0.1, -0.05) is 30.3 Å². The van der Waals surface area contributed by atoms with Gasteiger partial charge >= 0.3 is 0 Å². The van der Waals surface area contributed by atoms with Crippen molar-refractivity contribution in [1.29, 1.82) is 0 Å². The van der Waals surface area contributed by atoms with Gasteiger partial charge in [-0.3, -0.25) is 14.6 Å². The molecular weight excluding hydrogens is 480 g/mol. The highest BCUT2D eigenvalue weighted by Crippen LogP contribution is 2.20. The number of aliphatic imine (C=N–C) groups is 1. The summed E-state index contributed by atoms with van der Waals surface area (Å²) in [4.78, 5) is 28.8. The lowest BCUT2D eigenvalue weighted by molar-refractivity contribution is -0.117. The van der Waals surface area contributed by atoms with Crippen molar-refractivity contribution < 1.29 is 13.2 Å². The molecule has 10 nitrogen and oxygen atoms in total. The molecule has 1 heterocycles. The number of carbonyl (C=O) groups excluding carboxylic acids is 1. The molecule has 1 aromatic carbocycles. The van der Waals surface area contributed by atoms with Crippen LogP contribution in [-0.2, 0) is 27.9 Å². The van der Waals surface area contributed by atoms with Crippen LogP contribution in [0.4, 0.5) is 5.69 Å². The third-order valence-electron chi connectivity index (χ3n) is 4.69. The second-order valence-corrected chi connectivity index (χ2v) is 9.33. The molecule has 0 spiro atoms. The molecule has 0 saturated heterocycles. The Bertz CT molecular complexity index is 1270. The number of nitrogens with zero attached hydrogens (tertiary/aromatic N) is 3. The van der Waals surface area contributed by atoms with Crippen molar-refractivity contribution in [2.24, 2.45) is 4.99 Å². The highest BCUT2D eigenvalue weighted by atomic mass is 35.5. The molecular formula is C22H27ClN6O4S. The maximum Gasteiger partial charge on any atom is 0.273 e. The zero-order valence-corrected chi connectivity index (χ0v) is 20.5. The Morgan fingerprint density at radius 2 is 2.09 bits per heavy atom. The zero-order chi connectivity index (χ0) is 25.3. The largest absolute Gasteiger partial charge is 0.324 e. The molecule has 0 fully saturated rings. The van der Waals surface area contributed by atoms with Gasteiger partial charge in [-0.15, -0.1) is 0 Å². The number of benzene rings is 1. The zero-order valence-electron chi connectivity index (χ0n) is 19.0. The minimum atomic E-state index is -3.86. The smallest absolute Gasteiger partial charge is 0.273 e. The number of anilines is 1. The Labute approximate surface area is 203 Å². The summed E-state index contributed by atoms with van der Waals surface area (Å²) >= 11 is 6.00. The topological polar surface area (TPSA) is 135 Å². The maximum absolute atomic E-state index is 12.8. The van der Waals surface area contributed by atoms with Crippen LogP contribution in [0.2, 0.25) is 5.02 Å². The first-order valence-corrected chi connectivity index (χ1v) is 12.1. The van der Waals surface area contributed by atoms with E-state index in [2.05, 4.69) is 38.7 Å². The van der Waals surface area contributed by atoms with E-state index >= 15 is 0 Å². The van der Waals surface area contributed by atoms with Gasteiger partial charge in [0, 0.05) is 30.9 Å². The first kappa shape index (κ1) is 27.1. The first-order chi connectivity index (χ1) is 16.1. The summed E-state index contributed by atoms with van der Waals surface area (Å²) in [6, 6.07) is 4.51. The number of allylic oxidation sites excluding steroid dienone is 2. The van der Waals surface area contributed by atoms with E-state index in [9.17, 15) is 18.0 Å². The van der Waals surface area contributed by atoms with Gasteiger partial charge in [0.15, 0.2) is 0 Å². The average molecular weight is 507 g/mol.